The largest absolute Gasteiger partial charge is 0.497 e. The van der Waals surface area contributed by atoms with Crippen LogP contribution < -0.4 is 10.1 Å². The molecule has 128 valence electrons. The fourth-order valence-corrected chi connectivity index (χ4v) is 2.41. The van der Waals surface area contributed by atoms with Crippen molar-refractivity contribution >= 4 is 11.9 Å². The molecule has 1 aromatic carbocycles. The van der Waals surface area contributed by atoms with Gasteiger partial charge in [0.2, 0.25) is 0 Å². The van der Waals surface area contributed by atoms with E-state index in [9.17, 15) is 9.59 Å². The maximum absolute atomic E-state index is 12.4. The number of carbonyl (C=O) groups is 2. The summed E-state index contributed by atoms with van der Waals surface area (Å²) in [4.78, 5) is 23.5. The standard InChI is InChI=1S/C17H21N3O4/c1-3-4-12(17(22)23)9-18-16(21)14-10-19-20-15(14)11-5-7-13(24-2)8-6-11/h5-8,10,12H,3-4,9H2,1-2H3,(H,18,21)(H,19,20)(H,22,23). The summed E-state index contributed by atoms with van der Waals surface area (Å²) in [5.41, 5.74) is 1.75. The number of ether oxygens (including phenoxy) is 1. The van der Waals surface area contributed by atoms with Crippen molar-refractivity contribution in [1.82, 2.24) is 15.5 Å². The second kappa shape index (κ2) is 8.14. The van der Waals surface area contributed by atoms with Crippen molar-refractivity contribution in [2.75, 3.05) is 13.7 Å². The first-order valence-electron chi connectivity index (χ1n) is 7.75. The first-order chi connectivity index (χ1) is 11.6. The highest BCUT2D eigenvalue weighted by Gasteiger charge is 2.20. The summed E-state index contributed by atoms with van der Waals surface area (Å²) in [5, 5.41) is 18.6. The van der Waals surface area contributed by atoms with E-state index in [4.69, 9.17) is 9.84 Å². The number of carboxylic acid groups (broad SMARTS) is 1. The van der Waals surface area contributed by atoms with E-state index in [2.05, 4.69) is 15.5 Å². The Kier molecular flexibility index (Phi) is 5.95. The van der Waals surface area contributed by atoms with Gasteiger partial charge in [0.05, 0.1) is 30.5 Å². The van der Waals surface area contributed by atoms with Gasteiger partial charge in [-0.2, -0.15) is 5.10 Å². The number of aromatic nitrogens is 2. The lowest BCUT2D eigenvalue weighted by atomic mass is 10.0. The third-order valence-corrected chi connectivity index (χ3v) is 3.76. The molecule has 0 aliphatic carbocycles. The van der Waals surface area contributed by atoms with Crippen molar-refractivity contribution in [1.29, 1.82) is 0 Å². The lowest BCUT2D eigenvalue weighted by Gasteiger charge is -2.12. The minimum absolute atomic E-state index is 0.0925. The predicted octanol–water partition coefficient (Wildman–Crippen LogP) is 2.32. The summed E-state index contributed by atoms with van der Waals surface area (Å²) >= 11 is 0. The molecule has 0 radical (unpaired) electrons. The molecular formula is C17H21N3O4. The summed E-state index contributed by atoms with van der Waals surface area (Å²) < 4.78 is 5.11. The number of nitrogens with zero attached hydrogens (tertiary/aromatic N) is 1. The molecule has 0 saturated carbocycles. The van der Waals surface area contributed by atoms with Crippen LogP contribution in [0, 0.1) is 5.92 Å². The van der Waals surface area contributed by atoms with E-state index in [-0.39, 0.29) is 12.5 Å². The van der Waals surface area contributed by atoms with Crippen LogP contribution in [0.25, 0.3) is 11.3 Å². The van der Waals surface area contributed by atoms with Crippen LogP contribution in [0.3, 0.4) is 0 Å². The van der Waals surface area contributed by atoms with Crippen LogP contribution in [0.5, 0.6) is 5.75 Å². The second-order valence-electron chi connectivity index (χ2n) is 5.42. The van der Waals surface area contributed by atoms with Gasteiger partial charge in [0, 0.05) is 12.1 Å². The van der Waals surface area contributed by atoms with Crippen LogP contribution in [0.15, 0.2) is 30.5 Å². The Balaban J connectivity index is 2.10. The highest BCUT2D eigenvalue weighted by molar-refractivity contribution is 5.99. The predicted molar refractivity (Wildman–Crippen MR) is 88.9 cm³/mol. The minimum atomic E-state index is -0.903. The fraction of sp³-hybridized carbons (Fsp3) is 0.353. The number of aromatic amines is 1. The number of hydrogen-bond donors (Lipinski definition) is 3. The van der Waals surface area contributed by atoms with Crippen molar-refractivity contribution in [3.05, 3.63) is 36.0 Å². The molecule has 0 bridgehead atoms. The van der Waals surface area contributed by atoms with Gasteiger partial charge in [0.1, 0.15) is 5.75 Å². The molecule has 3 N–H and O–H groups in total. The van der Waals surface area contributed by atoms with Crippen molar-refractivity contribution in [2.24, 2.45) is 5.92 Å². The summed E-state index contributed by atoms with van der Waals surface area (Å²) in [7, 11) is 1.58. The maximum Gasteiger partial charge on any atom is 0.308 e. The molecule has 24 heavy (non-hydrogen) atoms. The van der Waals surface area contributed by atoms with E-state index in [1.54, 1.807) is 19.2 Å². The topological polar surface area (TPSA) is 104 Å². The molecule has 0 fully saturated rings. The number of amides is 1. The van der Waals surface area contributed by atoms with Crippen molar-refractivity contribution in [3.63, 3.8) is 0 Å². The molecule has 1 heterocycles. The number of aliphatic carboxylic acids is 1. The van der Waals surface area contributed by atoms with Gasteiger partial charge >= 0.3 is 5.97 Å². The van der Waals surface area contributed by atoms with E-state index in [0.717, 1.165) is 12.0 Å². The van der Waals surface area contributed by atoms with Gasteiger partial charge in [-0.15, -0.1) is 0 Å². The van der Waals surface area contributed by atoms with Crippen LogP contribution >= 0.6 is 0 Å². The van der Waals surface area contributed by atoms with Crippen LogP contribution in [0.2, 0.25) is 0 Å². The average Bonchev–Trinajstić information content (AvgIpc) is 3.08. The number of carbonyl (C=O) groups excluding carboxylic acids is 1. The van der Waals surface area contributed by atoms with Crippen LogP contribution in [-0.2, 0) is 4.79 Å². The number of carboxylic acids is 1. The van der Waals surface area contributed by atoms with Crippen molar-refractivity contribution < 1.29 is 19.4 Å². The van der Waals surface area contributed by atoms with Gasteiger partial charge in [-0.05, 0) is 30.7 Å². The molecule has 1 aromatic heterocycles. The van der Waals surface area contributed by atoms with E-state index in [0.29, 0.717) is 23.4 Å². The molecule has 1 unspecified atom stereocenters. The third kappa shape index (κ3) is 4.13. The van der Waals surface area contributed by atoms with Crippen molar-refractivity contribution in [2.45, 2.75) is 19.8 Å². The number of H-pyrrole nitrogens is 1. The Hall–Kier alpha value is -2.83. The van der Waals surface area contributed by atoms with Gasteiger partial charge in [-0.1, -0.05) is 13.3 Å². The molecule has 0 aliphatic rings. The first kappa shape index (κ1) is 17.5. The first-order valence-corrected chi connectivity index (χ1v) is 7.75. The SMILES string of the molecule is CCCC(CNC(=O)c1cn[nH]c1-c1ccc(OC)cc1)C(=O)O. The number of nitrogens with one attached hydrogen (secondary N) is 2. The van der Waals surface area contributed by atoms with Crippen LogP contribution in [0.1, 0.15) is 30.1 Å². The van der Waals surface area contributed by atoms with Gasteiger partial charge < -0.3 is 15.2 Å². The Morgan fingerprint density at radius 1 is 1.33 bits per heavy atom. The zero-order valence-corrected chi connectivity index (χ0v) is 13.7. The lowest BCUT2D eigenvalue weighted by Crippen LogP contribution is -2.33. The molecule has 2 rings (SSSR count). The molecule has 7 nitrogen and oxygen atoms in total. The van der Waals surface area contributed by atoms with Gasteiger partial charge in [-0.3, -0.25) is 14.7 Å². The van der Waals surface area contributed by atoms with Gasteiger partial charge in [0.25, 0.3) is 5.91 Å². The Morgan fingerprint density at radius 2 is 2.04 bits per heavy atom. The smallest absolute Gasteiger partial charge is 0.308 e. The summed E-state index contributed by atoms with van der Waals surface area (Å²) in [5.74, 6) is -1.12. The normalized spacial score (nSPS) is 11.8. The third-order valence-electron chi connectivity index (χ3n) is 3.76. The number of benzene rings is 1. The quantitative estimate of drug-likeness (QED) is 0.688. The Labute approximate surface area is 140 Å². The zero-order valence-electron chi connectivity index (χ0n) is 13.7. The molecule has 0 spiro atoms. The highest BCUT2D eigenvalue weighted by atomic mass is 16.5. The van der Waals surface area contributed by atoms with Crippen LogP contribution in [0.4, 0.5) is 0 Å². The number of rotatable bonds is 8. The van der Waals surface area contributed by atoms with Gasteiger partial charge in [-0.25, -0.2) is 0 Å². The van der Waals surface area contributed by atoms with E-state index in [1.807, 2.05) is 19.1 Å². The Bertz CT molecular complexity index is 694. The lowest BCUT2D eigenvalue weighted by molar-refractivity contribution is -0.141. The number of hydrogen-bond acceptors (Lipinski definition) is 4. The highest BCUT2D eigenvalue weighted by Crippen LogP contribution is 2.23. The van der Waals surface area contributed by atoms with Crippen LogP contribution in [-0.4, -0.2) is 40.8 Å². The van der Waals surface area contributed by atoms with Gasteiger partial charge in [0.15, 0.2) is 0 Å². The molecule has 0 aliphatic heterocycles. The monoisotopic (exact) mass is 331 g/mol. The molecule has 2 aromatic rings. The summed E-state index contributed by atoms with van der Waals surface area (Å²) in [6, 6.07) is 7.22. The van der Waals surface area contributed by atoms with E-state index >= 15 is 0 Å². The second-order valence-corrected chi connectivity index (χ2v) is 5.42. The van der Waals surface area contributed by atoms with E-state index < -0.39 is 11.9 Å². The molecule has 1 atom stereocenters. The van der Waals surface area contributed by atoms with Crippen molar-refractivity contribution in [3.8, 4) is 17.0 Å². The van der Waals surface area contributed by atoms with E-state index in [1.165, 1.54) is 6.20 Å². The molecule has 1 amide bonds. The zero-order chi connectivity index (χ0) is 17.5. The fourth-order valence-electron chi connectivity index (χ4n) is 2.41. The average molecular weight is 331 g/mol. The molecule has 0 saturated heterocycles. The summed E-state index contributed by atoms with van der Waals surface area (Å²) in [6.45, 7) is 2.00. The Morgan fingerprint density at radius 3 is 2.62 bits per heavy atom. The molecular weight excluding hydrogens is 310 g/mol. The minimum Gasteiger partial charge on any atom is -0.497 e. The molecule has 7 heteroatoms. The summed E-state index contributed by atoms with van der Waals surface area (Å²) in [6.07, 6.45) is 2.70. The number of methoxy groups -OCH3 is 1. The maximum atomic E-state index is 12.4.